The maximum absolute atomic E-state index is 3.74. The molecule has 3 atom stereocenters. The van der Waals surface area contributed by atoms with Crippen molar-refractivity contribution in [3.63, 3.8) is 0 Å². The molecule has 0 radical (unpaired) electrons. The van der Waals surface area contributed by atoms with Crippen LogP contribution in [0.25, 0.3) is 0 Å². The predicted octanol–water partition coefficient (Wildman–Crippen LogP) is 1.46. The highest BCUT2D eigenvalue weighted by Crippen LogP contribution is 2.21. The Balaban J connectivity index is 1.86. The fourth-order valence-corrected chi connectivity index (χ4v) is 2.93. The molecule has 88 valence electrons. The molecule has 2 heterocycles. The standard InChI is InChI=1S/C12H25N3/c1-10-5-4-6-11(2)15(10)13-12-7-8-14(3)9-12/h10-13H,4-9H2,1-3H3. The maximum Gasteiger partial charge on any atom is 0.0354 e. The van der Waals surface area contributed by atoms with E-state index in [9.17, 15) is 0 Å². The Morgan fingerprint density at radius 2 is 1.73 bits per heavy atom. The van der Waals surface area contributed by atoms with Crippen molar-refractivity contribution in [1.82, 2.24) is 15.3 Å². The van der Waals surface area contributed by atoms with Gasteiger partial charge in [0.15, 0.2) is 0 Å². The number of hydrazine groups is 1. The van der Waals surface area contributed by atoms with Gasteiger partial charge in [-0.1, -0.05) is 6.42 Å². The summed E-state index contributed by atoms with van der Waals surface area (Å²) >= 11 is 0. The number of hydrogen-bond donors (Lipinski definition) is 1. The molecule has 2 aliphatic heterocycles. The van der Waals surface area contributed by atoms with Gasteiger partial charge in [-0.2, -0.15) is 0 Å². The van der Waals surface area contributed by atoms with Crippen molar-refractivity contribution in [2.75, 3.05) is 20.1 Å². The third-order valence-electron chi connectivity index (χ3n) is 3.92. The lowest BCUT2D eigenvalue weighted by atomic mass is 10.00. The molecule has 3 unspecified atom stereocenters. The summed E-state index contributed by atoms with van der Waals surface area (Å²) in [6.07, 6.45) is 5.39. The lowest BCUT2D eigenvalue weighted by molar-refractivity contribution is 0.0312. The molecule has 2 aliphatic rings. The Morgan fingerprint density at radius 3 is 2.27 bits per heavy atom. The van der Waals surface area contributed by atoms with Gasteiger partial charge in [-0.3, -0.25) is 5.43 Å². The monoisotopic (exact) mass is 211 g/mol. The van der Waals surface area contributed by atoms with Gasteiger partial charge < -0.3 is 4.90 Å². The fourth-order valence-electron chi connectivity index (χ4n) is 2.93. The van der Waals surface area contributed by atoms with Crippen molar-refractivity contribution < 1.29 is 0 Å². The van der Waals surface area contributed by atoms with Crippen LogP contribution in [0.5, 0.6) is 0 Å². The average Bonchev–Trinajstić information content (AvgIpc) is 2.58. The first kappa shape index (κ1) is 11.4. The summed E-state index contributed by atoms with van der Waals surface area (Å²) in [5.41, 5.74) is 3.74. The van der Waals surface area contributed by atoms with Crippen molar-refractivity contribution in [2.24, 2.45) is 0 Å². The van der Waals surface area contributed by atoms with Crippen molar-refractivity contribution >= 4 is 0 Å². The van der Waals surface area contributed by atoms with Gasteiger partial charge in [0.2, 0.25) is 0 Å². The third kappa shape index (κ3) is 2.71. The van der Waals surface area contributed by atoms with Gasteiger partial charge in [0, 0.05) is 24.7 Å². The van der Waals surface area contributed by atoms with E-state index < -0.39 is 0 Å². The summed E-state index contributed by atoms with van der Waals surface area (Å²) in [4.78, 5) is 2.41. The molecule has 15 heavy (non-hydrogen) atoms. The topological polar surface area (TPSA) is 18.5 Å². The Hall–Kier alpha value is -0.120. The van der Waals surface area contributed by atoms with Crippen molar-refractivity contribution in [2.45, 2.75) is 57.7 Å². The van der Waals surface area contributed by atoms with Crippen molar-refractivity contribution in [3.05, 3.63) is 0 Å². The molecule has 0 aromatic rings. The lowest BCUT2D eigenvalue weighted by Gasteiger charge is -2.40. The first-order chi connectivity index (χ1) is 7.16. The van der Waals surface area contributed by atoms with E-state index in [1.807, 2.05) is 0 Å². The van der Waals surface area contributed by atoms with Crippen LogP contribution in [-0.2, 0) is 0 Å². The smallest absolute Gasteiger partial charge is 0.0354 e. The van der Waals surface area contributed by atoms with E-state index in [1.165, 1.54) is 38.8 Å². The average molecular weight is 211 g/mol. The molecule has 3 heteroatoms. The molecule has 1 N–H and O–H groups in total. The zero-order chi connectivity index (χ0) is 10.8. The Kier molecular flexibility index (Phi) is 3.65. The molecule has 0 saturated carbocycles. The number of hydrogen-bond acceptors (Lipinski definition) is 3. The second-order valence-corrected chi connectivity index (χ2v) is 5.41. The number of nitrogens with one attached hydrogen (secondary N) is 1. The second-order valence-electron chi connectivity index (χ2n) is 5.41. The van der Waals surface area contributed by atoms with Crippen molar-refractivity contribution in [3.8, 4) is 0 Å². The lowest BCUT2D eigenvalue weighted by Crippen LogP contribution is -2.55. The predicted molar refractivity (Wildman–Crippen MR) is 63.7 cm³/mol. The fraction of sp³-hybridized carbons (Fsp3) is 1.00. The van der Waals surface area contributed by atoms with E-state index in [4.69, 9.17) is 0 Å². The molecule has 3 nitrogen and oxygen atoms in total. The van der Waals surface area contributed by atoms with Crippen molar-refractivity contribution in [1.29, 1.82) is 0 Å². The van der Waals surface area contributed by atoms with E-state index in [1.54, 1.807) is 0 Å². The van der Waals surface area contributed by atoms with E-state index in [-0.39, 0.29) is 0 Å². The highest BCUT2D eigenvalue weighted by molar-refractivity contribution is 4.83. The van der Waals surface area contributed by atoms with E-state index in [2.05, 4.69) is 36.2 Å². The summed E-state index contributed by atoms with van der Waals surface area (Å²) < 4.78 is 0. The summed E-state index contributed by atoms with van der Waals surface area (Å²) in [6, 6.07) is 2.09. The maximum atomic E-state index is 3.74. The summed E-state index contributed by atoms with van der Waals surface area (Å²) in [6.45, 7) is 7.15. The van der Waals surface area contributed by atoms with Crippen LogP contribution in [0.1, 0.15) is 39.5 Å². The van der Waals surface area contributed by atoms with E-state index >= 15 is 0 Å². The van der Waals surface area contributed by atoms with Crippen LogP contribution >= 0.6 is 0 Å². The molecule has 0 spiro atoms. The van der Waals surface area contributed by atoms with Crippen LogP contribution < -0.4 is 5.43 Å². The number of rotatable bonds is 2. The van der Waals surface area contributed by atoms with Gasteiger partial charge in [-0.15, -0.1) is 0 Å². The van der Waals surface area contributed by atoms with Crippen LogP contribution in [0, 0.1) is 0 Å². The number of nitrogens with zero attached hydrogens (tertiary/aromatic N) is 2. The highest BCUT2D eigenvalue weighted by Gasteiger charge is 2.28. The van der Waals surface area contributed by atoms with Crippen LogP contribution in [0.4, 0.5) is 0 Å². The first-order valence-electron chi connectivity index (χ1n) is 6.40. The minimum Gasteiger partial charge on any atom is -0.305 e. The second kappa shape index (κ2) is 4.81. The van der Waals surface area contributed by atoms with Gasteiger partial charge in [-0.05, 0) is 46.7 Å². The summed E-state index contributed by atoms with van der Waals surface area (Å²) in [5, 5.41) is 2.51. The molecular formula is C12H25N3. The SMILES string of the molecule is CC1CCCC(C)N1NC1CCN(C)C1. The van der Waals surface area contributed by atoms with Crippen LogP contribution in [0.3, 0.4) is 0 Å². The van der Waals surface area contributed by atoms with Crippen LogP contribution in [-0.4, -0.2) is 48.2 Å². The zero-order valence-electron chi connectivity index (χ0n) is 10.4. The molecule has 2 saturated heterocycles. The summed E-state index contributed by atoms with van der Waals surface area (Å²) in [7, 11) is 2.21. The molecule has 2 fully saturated rings. The minimum atomic E-state index is 0.679. The normalized spacial score (nSPS) is 39.8. The van der Waals surface area contributed by atoms with E-state index in [0.717, 1.165) is 0 Å². The van der Waals surface area contributed by atoms with Gasteiger partial charge in [0.25, 0.3) is 0 Å². The first-order valence-corrected chi connectivity index (χ1v) is 6.40. The minimum absolute atomic E-state index is 0.679. The van der Waals surface area contributed by atoms with Crippen LogP contribution in [0.15, 0.2) is 0 Å². The molecule has 0 bridgehead atoms. The molecular weight excluding hydrogens is 186 g/mol. The largest absolute Gasteiger partial charge is 0.305 e. The van der Waals surface area contributed by atoms with E-state index in [0.29, 0.717) is 18.1 Å². The number of likely N-dealkylation sites (tertiary alicyclic amines) is 1. The third-order valence-corrected chi connectivity index (χ3v) is 3.92. The summed E-state index contributed by atoms with van der Waals surface area (Å²) in [5.74, 6) is 0. The van der Waals surface area contributed by atoms with Gasteiger partial charge in [-0.25, -0.2) is 5.01 Å². The Morgan fingerprint density at radius 1 is 1.07 bits per heavy atom. The number of likely N-dealkylation sites (N-methyl/N-ethyl adjacent to an activating group) is 1. The molecule has 0 aromatic carbocycles. The molecule has 0 aliphatic carbocycles. The van der Waals surface area contributed by atoms with Crippen LogP contribution in [0.2, 0.25) is 0 Å². The number of piperidine rings is 1. The van der Waals surface area contributed by atoms with Gasteiger partial charge >= 0.3 is 0 Å². The quantitative estimate of drug-likeness (QED) is 0.746. The molecule has 0 amide bonds. The Bertz CT molecular complexity index is 197. The molecule has 2 rings (SSSR count). The van der Waals surface area contributed by atoms with Gasteiger partial charge in [0.05, 0.1) is 0 Å². The Labute approximate surface area is 93.8 Å². The van der Waals surface area contributed by atoms with Gasteiger partial charge in [0.1, 0.15) is 0 Å². The zero-order valence-corrected chi connectivity index (χ0v) is 10.4. The highest BCUT2D eigenvalue weighted by atomic mass is 15.5. The molecule has 0 aromatic heterocycles.